The van der Waals surface area contributed by atoms with Gasteiger partial charge in [0.15, 0.2) is 5.75 Å². The van der Waals surface area contributed by atoms with Gasteiger partial charge in [-0.15, -0.1) is 0 Å². The van der Waals surface area contributed by atoms with Crippen LogP contribution < -0.4 is 15.2 Å². The second-order valence-corrected chi connectivity index (χ2v) is 7.94. The van der Waals surface area contributed by atoms with Crippen molar-refractivity contribution in [3.63, 3.8) is 0 Å². The van der Waals surface area contributed by atoms with Gasteiger partial charge in [-0.25, -0.2) is 14.4 Å². The Morgan fingerprint density at radius 1 is 1.06 bits per heavy atom. The monoisotopic (exact) mass is 515 g/mol. The van der Waals surface area contributed by atoms with Gasteiger partial charge in [-0.2, -0.15) is 0 Å². The van der Waals surface area contributed by atoms with E-state index in [0.29, 0.717) is 34.1 Å². The summed E-state index contributed by atoms with van der Waals surface area (Å²) in [6.45, 7) is 0.106. The number of phenolic OH excluding ortho intramolecular Hbond substituents is 1. The molecule has 0 aliphatic heterocycles. The average molecular weight is 517 g/mol. The molecule has 3 aromatic carbocycles. The van der Waals surface area contributed by atoms with Gasteiger partial charge in [-0.3, -0.25) is 0 Å². The number of ether oxygens (including phenoxy) is 2. The molecule has 0 amide bonds. The van der Waals surface area contributed by atoms with E-state index in [4.69, 9.17) is 26.8 Å². The Balaban J connectivity index is 1.60. The Labute approximate surface area is 196 Å². The summed E-state index contributed by atoms with van der Waals surface area (Å²) in [5.41, 5.74) is 7.09. The maximum absolute atomic E-state index is 13.2. The molecule has 0 saturated carbocycles. The molecule has 3 N–H and O–H groups in total. The third-order valence-corrected chi connectivity index (χ3v) is 5.47. The van der Waals surface area contributed by atoms with E-state index in [1.165, 1.54) is 24.4 Å². The minimum absolute atomic E-state index is 0.0326. The highest BCUT2D eigenvalue weighted by molar-refractivity contribution is 9.10. The number of hydrogen-bond donors (Lipinski definition) is 2. The summed E-state index contributed by atoms with van der Waals surface area (Å²) in [4.78, 5) is 8.24. The normalized spacial score (nSPS) is 10.7. The van der Waals surface area contributed by atoms with Gasteiger partial charge < -0.3 is 20.3 Å². The number of aromatic nitrogens is 2. The molecule has 162 valence electrons. The highest BCUT2D eigenvalue weighted by atomic mass is 79.9. The number of nitrogen functional groups attached to an aromatic ring is 1. The smallest absolute Gasteiger partial charge is 0.220 e. The van der Waals surface area contributed by atoms with Crippen molar-refractivity contribution in [1.29, 1.82) is 0 Å². The number of phenols is 1. The van der Waals surface area contributed by atoms with Crippen molar-refractivity contribution in [3.8, 4) is 34.3 Å². The molecule has 0 atom stereocenters. The van der Waals surface area contributed by atoms with Crippen LogP contribution in [0.3, 0.4) is 0 Å². The highest BCUT2D eigenvalue weighted by Crippen LogP contribution is 2.39. The van der Waals surface area contributed by atoms with Crippen molar-refractivity contribution in [2.75, 3.05) is 5.73 Å². The SMILES string of the molecule is Nc1ncc(Oc2ccccc2Br)c(-c2ccc(OCc3ccc(F)cc3Cl)cc2O)n1. The molecule has 0 fully saturated rings. The molecule has 0 unspecified atom stereocenters. The summed E-state index contributed by atoms with van der Waals surface area (Å²) in [5.74, 6) is 0.770. The molecule has 4 rings (SSSR count). The fourth-order valence-electron chi connectivity index (χ4n) is 2.90. The van der Waals surface area contributed by atoms with Crippen molar-refractivity contribution in [3.05, 3.63) is 87.7 Å². The molecule has 0 aliphatic rings. The van der Waals surface area contributed by atoms with Crippen LogP contribution in [0.15, 0.2) is 71.3 Å². The lowest BCUT2D eigenvalue weighted by Gasteiger charge is -2.14. The van der Waals surface area contributed by atoms with E-state index < -0.39 is 5.82 Å². The minimum Gasteiger partial charge on any atom is -0.507 e. The van der Waals surface area contributed by atoms with Crippen molar-refractivity contribution < 1.29 is 19.0 Å². The number of hydrogen-bond acceptors (Lipinski definition) is 6. The summed E-state index contributed by atoms with van der Waals surface area (Å²) < 4.78 is 25.6. The third-order valence-electron chi connectivity index (χ3n) is 4.46. The molecule has 0 saturated heterocycles. The lowest BCUT2D eigenvalue weighted by atomic mass is 10.1. The van der Waals surface area contributed by atoms with Crippen molar-refractivity contribution in [2.45, 2.75) is 6.61 Å². The van der Waals surface area contributed by atoms with Gasteiger partial charge in [-0.1, -0.05) is 29.8 Å². The molecule has 0 aliphatic carbocycles. The third kappa shape index (κ3) is 4.92. The fraction of sp³-hybridized carbons (Fsp3) is 0.0435. The van der Waals surface area contributed by atoms with E-state index >= 15 is 0 Å². The van der Waals surface area contributed by atoms with Gasteiger partial charge in [0.1, 0.15) is 35.4 Å². The molecule has 9 heteroatoms. The Morgan fingerprint density at radius 2 is 1.88 bits per heavy atom. The van der Waals surface area contributed by atoms with E-state index in [1.807, 2.05) is 18.2 Å². The maximum Gasteiger partial charge on any atom is 0.220 e. The molecule has 0 radical (unpaired) electrons. The predicted molar refractivity (Wildman–Crippen MR) is 124 cm³/mol. The number of rotatable bonds is 6. The second-order valence-electron chi connectivity index (χ2n) is 6.68. The Morgan fingerprint density at radius 3 is 2.62 bits per heavy atom. The molecule has 1 heterocycles. The topological polar surface area (TPSA) is 90.5 Å². The van der Waals surface area contributed by atoms with Crippen LogP contribution in [0, 0.1) is 5.82 Å². The number of nitrogens with two attached hydrogens (primary N) is 1. The molecular formula is C23H16BrClFN3O3. The summed E-state index contributed by atoms with van der Waals surface area (Å²) in [5, 5.41) is 10.9. The molecule has 32 heavy (non-hydrogen) atoms. The quantitative estimate of drug-likeness (QED) is 0.310. The van der Waals surface area contributed by atoms with Gasteiger partial charge in [0, 0.05) is 17.2 Å². The lowest BCUT2D eigenvalue weighted by molar-refractivity contribution is 0.304. The van der Waals surface area contributed by atoms with E-state index in [9.17, 15) is 9.50 Å². The summed E-state index contributed by atoms with van der Waals surface area (Å²) in [7, 11) is 0. The van der Waals surface area contributed by atoms with Gasteiger partial charge in [0.25, 0.3) is 0 Å². The Bertz CT molecular complexity index is 1290. The van der Waals surface area contributed by atoms with Crippen LogP contribution in [0.5, 0.6) is 23.0 Å². The number of halogens is 3. The van der Waals surface area contributed by atoms with Gasteiger partial charge in [0.05, 0.1) is 15.7 Å². The Hall–Kier alpha value is -3.36. The number of aromatic hydroxyl groups is 1. The maximum atomic E-state index is 13.2. The summed E-state index contributed by atoms with van der Waals surface area (Å²) in [6.07, 6.45) is 1.44. The van der Waals surface area contributed by atoms with Crippen molar-refractivity contribution in [2.24, 2.45) is 0 Å². The second kappa shape index (κ2) is 9.42. The molecule has 1 aromatic heterocycles. The van der Waals surface area contributed by atoms with E-state index in [-0.39, 0.29) is 23.3 Å². The Kier molecular flexibility index (Phi) is 6.43. The van der Waals surface area contributed by atoms with Crippen LogP contribution in [0.25, 0.3) is 11.3 Å². The van der Waals surface area contributed by atoms with E-state index in [1.54, 1.807) is 24.3 Å². The molecule has 0 spiro atoms. The molecular weight excluding hydrogens is 501 g/mol. The first kappa shape index (κ1) is 21.9. The first-order chi connectivity index (χ1) is 15.4. The average Bonchev–Trinajstić information content (AvgIpc) is 2.76. The fourth-order valence-corrected chi connectivity index (χ4v) is 3.49. The van der Waals surface area contributed by atoms with Gasteiger partial charge >= 0.3 is 0 Å². The number of anilines is 1. The van der Waals surface area contributed by atoms with Crippen LogP contribution in [0.4, 0.5) is 10.3 Å². The van der Waals surface area contributed by atoms with Crippen LogP contribution in [-0.2, 0) is 6.61 Å². The lowest BCUT2D eigenvalue weighted by Crippen LogP contribution is -2.00. The van der Waals surface area contributed by atoms with E-state index in [2.05, 4.69) is 25.9 Å². The van der Waals surface area contributed by atoms with Crippen molar-refractivity contribution in [1.82, 2.24) is 9.97 Å². The number of benzene rings is 3. The van der Waals surface area contributed by atoms with Crippen LogP contribution in [0.1, 0.15) is 5.56 Å². The van der Waals surface area contributed by atoms with Gasteiger partial charge in [-0.05, 0) is 52.3 Å². The van der Waals surface area contributed by atoms with E-state index in [0.717, 1.165) is 4.47 Å². The number of nitrogens with zero attached hydrogens (tertiary/aromatic N) is 2. The zero-order chi connectivity index (χ0) is 22.7. The standard InChI is InChI=1S/C23H16BrClFN3O3/c24-17-3-1-2-4-20(17)32-21-11-28-23(27)29-22(21)16-8-7-15(10-19(16)30)31-12-13-5-6-14(26)9-18(13)25/h1-11,30H,12H2,(H2,27,28,29). The van der Waals surface area contributed by atoms with Crippen LogP contribution in [-0.4, -0.2) is 15.1 Å². The molecule has 6 nitrogen and oxygen atoms in total. The highest BCUT2D eigenvalue weighted by Gasteiger charge is 2.16. The zero-order valence-electron chi connectivity index (χ0n) is 16.4. The number of para-hydroxylation sites is 1. The zero-order valence-corrected chi connectivity index (χ0v) is 18.8. The van der Waals surface area contributed by atoms with Crippen LogP contribution in [0.2, 0.25) is 5.02 Å². The first-order valence-corrected chi connectivity index (χ1v) is 10.5. The van der Waals surface area contributed by atoms with Crippen molar-refractivity contribution >= 4 is 33.5 Å². The van der Waals surface area contributed by atoms with Gasteiger partial charge in [0.2, 0.25) is 5.95 Å². The largest absolute Gasteiger partial charge is 0.507 e. The molecule has 4 aromatic rings. The first-order valence-electron chi connectivity index (χ1n) is 9.35. The summed E-state index contributed by atoms with van der Waals surface area (Å²) >= 11 is 9.46. The summed E-state index contributed by atoms with van der Waals surface area (Å²) in [6, 6.07) is 16.1. The predicted octanol–water partition coefficient (Wildman–Crippen LogP) is 6.36. The molecule has 0 bridgehead atoms. The van der Waals surface area contributed by atoms with Crippen LogP contribution >= 0.6 is 27.5 Å². The minimum atomic E-state index is -0.426.